The van der Waals surface area contributed by atoms with Gasteiger partial charge in [-0.1, -0.05) is 36.4 Å². The maximum absolute atomic E-state index is 10.2. The Morgan fingerprint density at radius 3 is 2.17 bits per heavy atom. The predicted molar refractivity (Wildman–Crippen MR) is 92.7 cm³/mol. The Bertz CT molecular complexity index is 596. The summed E-state index contributed by atoms with van der Waals surface area (Å²) >= 11 is 0. The van der Waals surface area contributed by atoms with Gasteiger partial charge in [0.1, 0.15) is 25.3 Å². The van der Waals surface area contributed by atoms with Crippen LogP contribution in [0.4, 0.5) is 0 Å². The number of benzene rings is 2. The number of hydrogen-bond acceptors (Lipinski definition) is 4. The molecule has 2 atom stereocenters. The number of quaternary nitrogens is 1. The van der Waals surface area contributed by atoms with E-state index in [4.69, 9.17) is 14.2 Å². The van der Waals surface area contributed by atoms with E-state index in [0.717, 1.165) is 0 Å². The fraction of sp³-hybridized carbons (Fsp3) is 0.368. The second-order valence-electron chi connectivity index (χ2n) is 5.63. The fourth-order valence-electron chi connectivity index (χ4n) is 2.46. The van der Waals surface area contributed by atoms with E-state index < -0.39 is 6.10 Å². The van der Waals surface area contributed by atoms with E-state index in [1.165, 1.54) is 5.56 Å². The van der Waals surface area contributed by atoms with E-state index in [0.29, 0.717) is 23.8 Å². The Labute approximate surface area is 143 Å². The van der Waals surface area contributed by atoms with Gasteiger partial charge in [-0.2, -0.15) is 0 Å². The lowest BCUT2D eigenvalue weighted by atomic mass is 10.1. The average Bonchev–Trinajstić information content (AvgIpc) is 2.64. The third-order valence-electron chi connectivity index (χ3n) is 3.89. The van der Waals surface area contributed by atoms with Gasteiger partial charge in [0.15, 0.2) is 11.5 Å². The molecule has 5 heteroatoms. The van der Waals surface area contributed by atoms with E-state index in [-0.39, 0.29) is 12.6 Å². The highest BCUT2D eigenvalue weighted by atomic mass is 16.5. The van der Waals surface area contributed by atoms with E-state index >= 15 is 0 Å². The molecule has 0 aliphatic rings. The Morgan fingerprint density at radius 2 is 1.58 bits per heavy atom. The zero-order valence-corrected chi connectivity index (χ0v) is 14.4. The van der Waals surface area contributed by atoms with Gasteiger partial charge in [0.25, 0.3) is 0 Å². The Morgan fingerprint density at radius 1 is 0.958 bits per heavy atom. The summed E-state index contributed by atoms with van der Waals surface area (Å²) in [5, 5.41) is 12.3. The molecule has 0 radical (unpaired) electrons. The zero-order valence-electron chi connectivity index (χ0n) is 14.4. The molecule has 0 saturated heterocycles. The number of aliphatic hydroxyl groups is 1. The molecule has 2 aromatic rings. The molecular weight excluding hydrogens is 306 g/mol. The lowest BCUT2D eigenvalue weighted by Gasteiger charge is -2.17. The summed E-state index contributed by atoms with van der Waals surface area (Å²) in [4.78, 5) is 0. The topological polar surface area (TPSA) is 64.5 Å². The summed E-state index contributed by atoms with van der Waals surface area (Å²) in [6, 6.07) is 15.9. The molecule has 0 aliphatic carbocycles. The second-order valence-corrected chi connectivity index (χ2v) is 5.63. The molecule has 130 valence electrons. The number of methoxy groups -OCH3 is 2. The van der Waals surface area contributed by atoms with Gasteiger partial charge >= 0.3 is 0 Å². The molecule has 0 aliphatic heterocycles. The summed E-state index contributed by atoms with van der Waals surface area (Å²) in [7, 11) is 3.15. The first-order valence-electron chi connectivity index (χ1n) is 8.05. The van der Waals surface area contributed by atoms with Crippen LogP contribution in [0.1, 0.15) is 18.5 Å². The van der Waals surface area contributed by atoms with Crippen LogP contribution >= 0.6 is 0 Å². The Balaban J connectivity index is 1.86. The van der Waals surface area contributed by atoms with Crippen molar-refractivity contribution >= 4 is 0 Å². The van der Waals surface area contributed by atoms with Crippen LogP contribution < -0.4 is 19.5 Å². The molecule has 0 amide bonds. The van der Waals surface area contributed by atoms with Crippen LogP contribution in [-0.2, 0) is 0 Å². The van der Waals surface area contributed by atoms with Gasteiger partial charge in [0, 0.05) is 5.56 Å². The maximum Gasteiger partial charge on any atom is 0.203 e. The van der Waals surface area contributed by atoms with E-state index in [1.54, 1.807) is 26.4 Å². The van der Waals surface area contributed by atoms with Crippen LogP contribution in [-0.4, -0.2) is 38.6 Å². The van der Waals surface area contributed by atoms with Crippen molar-refractivity contribution in [3.05, 3.63) is 54.1 Å². The van der Waals surface area contributed by atoms with Gasteiger partial charge in [-0.15, -0.1) is 0 Å². The van der Waals surface area contributed by atoms with Crippen molar-refractivity contribution in [1.82, 2.24) is 0 Å². The van der Waals surface area contributed by atoms with Crippen molar-refractivity contribution in [2.75, 3.05) is 27.4 Å². The Hall–Kier alpha value is -2.24. The van der Waals surface area contributed by atoms with Gasteiger partial charge in [-0.05, 0) is 19.1 Å². The van der Waals surface area contributed by atoms with E-state index in [1.807, 2.05) is 24.3 Å². The molecule has 0 fully saturated rings. The minimum absolute atomic E-state index is 0.175. The monoisotopic (exact) mass is 332 g/mol. The first kappa shape index (κ1) is 18.1. The highest BCUT2D eigenvalue weighted by Crippen LogP contribution is 2.36. The minimum Gasteiger partial charge on any atom is -0.493 e. The van der Waals surface area contributed by atoms with Crippen LogP contribution in [0.2, 0.25) is 0 Å². The summed E-state index contributed by atoms with van der Waals surface area (Å²) in [6.45, 7) is 2.84. The lowest BCUT2D eigenvalue weighted by Crippen LogP contribution is -2.87. The molecule has 2 aromatic carbocycles. The number of ether oxygens (including phenoxy) is 3. The number of rotatable bonds is 9. The van der Waals surface area contributed by atoms with Crippen molar-refractivity contribution in [2.45, 2.75) is 19.1 Å². The van der Waals surface area contributed by atoms with Gasteiger partial charge < -0.3 is 24.6 Å². The lowest BCUT2D eigenvalue weighted by molar-refractivity contribution is -0.698. The third-order valence-corrected chi connectivity index (χ3v) is 3.89. The molecule has 0 bridgehead atoms. The van der Waals surface area contributed by atoms with Crippen LogP contribution in [0.25, 0.3) is 0 Å². The number of para-hydroxylation sites is 1. The van der Waals surface area contributed by atoms with Crippen molar-refractivity contribution < 1.29 is 24.6 Å². The molecule has 3 N–H and O–H groups in total. The maximum atomic E-state index is 10.2. The highest BCUT2D eigenvalue weighted by Gasteiger charge is 2.16. The van der Waals surface area contributed by atoms with Crippen molar-refractivity contribution in [3.63, 3.8) is 0 Å². The molecule has 0 heterocycles. The number of nitrogens with two attached hydrogens (primary N) is 1. The second kappa shape index (κ2) is 9.15. The predicted octanol–water partition coefficient (Wildman–Crippen LogP) is 1.77. The molecular formula is C19H26NO4+. The SMILES string of the molecule is COc1cccc(OC)c1OC[C@H](O)C[NH2+][C@@H](C)c1ccccc1. The van der Waals surface area contributed by atoms with Gasteiger partial charge in [0.2, 0.25) is 5.75 Å². The summed E-state index contributed by atoms with van der Waals surface area (Å²) in [5.74, 6) is 1.68. The highest BCUT2D eigenvalue weighted by molar-refractivity contribution is 5.51. The van der Waals surface area contributed by atoms with Gasteiger partial charge in [-0.25, -0.2) is 0 Å². The van der Waals surface area contributed by atoms with Crippen LogP contribution in [0, 0.1) is 0 Å². The largest absolute Gasteiger partial charge is 0.493 e. The number of aliphatic hydroxyl groups excluding tert-OH is 1. The van der Waals surface area contributed by atoms with Gasteiger partial charge in [-0.3, -0.25) is 0 Å². The molecule has 0 unspecified atom stereocenters. The van der Waals surface area contributed by atoms with Crippen molar-refractivity contribution in [2.24, 2.45) is 0 Å². The quantitative estimate of drug-likeness (QED) is 0.734. The summed E-state index contributed by atoms with van der Waals surface area (Å²) in [6.07, 6.45) is -0.592. The molecule has 0 aromatic heterocycles. The molecule has 5 nitrogen and oxygen atoms in total. The third kappa shape index (κ3) is 4.88. The molecule has 0 saturated carbocycles. The Kier molecular flexibility index (Phi) is 6.90. The molecule has 24 heavy (non-hydrogen) atoms. The average molecular weight is 332 g/mol. The minimum atomic E-state index is -0.592. The van der Waals surface area contributed by atoms with Crippen molar-refractivity contribution in [3.8, 4) is 17.2 Å². The fourth-order valence-corrected chi connectivity index (χ4v) is 2.46. The van der Waals surface area contributed by atoms with Crippen LogP contribution in [0.5, 0.6) is 17.2 Å². The van der Waals surface area contributed by atoms with Crippen LogP contribution in [0.15, 0.2) is 48.5 Å². The van der Waals surface area contributed by atoms with Crippen LogP contribution in [0.3, 0.4) is 0 Å². The molecule has 2 rings (SSSR count). The number of hydrogen-bond donors (Lipinski definition) is 2. The van der Waals surface area contributed by atoms with E-state index in [2.05, 4.69) is 24.4 Å². The zero-order chi connectivity index (χ0) is 17.4. The van der Waals surface area contributed by atoms with E-state index in [9.17, 15) is 5.11 Å². The standard InChI is InChI=1S/C19H25NO4/c1-14(15-8-5-4-6-9-15)20-12-16(21)13-24-19-17(22-2)10-7-11-18(19)23-3/h4-11,14,16,20-21H,12-13H2,1-3H3/p+1/t14-,16+/m0/s1. The normalized spacial score (nSPS) is 13.2. The first-order valence-corrected chi connectivity index (χ1v) is 8.05. The summed E-state index contributed by atoms with van der Waals surface area (Å²) in [5.41, 5.74) is 1.23. The van der Waals surface area contributed by atoms with Gasteiger partial charge in [0.05, 0.1) is 14.2 Å². The first-order chi connectivity index (χ1) is 11.7. The smallest absolute Gasteiger partial charge is 0.203 e. The summed E-state index contributed by atoms with van der Waals surface area (Å²) < 4.78 is 16.3. The molecule has 0 spiro atoms. The van der Waals surface area contributed by atoms with Crippen molar-refractivity contribution in [1.29, 1.82) is 0 Å².